The van der Waals surface area contributed by atoms with Gasteiger partial charge in [-0.05, 0) is 32.1 Å². The lowest BCUT2D eigenvalue weighted by molar-refractivity contribution is -0.140. The number of nitrogens with one attached hydrogen (secondary N) is 2. The second kappa shape index (κ2) is 4.41. The second-order valence-electron chi connectivity index (χ2n) is 4.91. The summed E-state index contributed by atoms with van der Waals surface area (Å²) in [4.78, 5) is 22.3. The van der Waals surface area contributed by atoms with E-state index in [0.29, 0.717) is 12.6 Å². The highest BCUT2D eigenvalue weighted by Gasteiger charge is 2.40. The zero-order chi connectivity index (χ0) is 11.6. The van der Waals surface area contributed by atoms with Gasteiger partial charge in [-0.2, -0.15) is 0 Å². The van der Waals surface area contributed by atoms with Crippen LogP contribution in [0.3, 0.4) is 0 Å². The fraction of sp³-hybridized carbons (Fsp3) is 0.818. The Kier molecular flexibility index (Phi) is 3.14. The van der Waals surface area contributed by atoms with Gasteiger partial charge in [0.05, 0.1) is 18.5 Å². The number of carbonyl (C=O) groups excluding carboxylic acids is 1. The molecule has 0 aromatic carbocycles. The van der Waals surface area contributed by atoms with Crippen LogP contribution in [0.2, 0.25) is 0 Å². The third-order valence-corrected chi connectivity index (χ3v) is 3.33. The zero-order valence-electron chi connectivity index (χ0n) is 9.29. The van der Waals surface area contributed by atoms with Crippen LogP contribution >= 0.6 is 0 Å². The molecule has 3 N–H and O–H groups in total. The summed E-state index contributed by atoms with van der Waals surface area (Å²) in [5, 5.41) is 14.8. The molecule has 0 spiro atoms. The summed E-state index contributed by atoms with van der Waals surface area (Å²) >= 11 is 0. The van der Waals surface area contributed by atoms with Crippen molar-refractivity contribution in [2.24, 2.45) is 0 Å². The van der Waals surface area contributed by atoms with Crippen molar-refractivity contribution in [3.8, 4) is 0 Å². The fourth-order valence-corrected chi connectivity index (χ4v) is 2.10. The number of hydrogen-bond donors (Lipinski definition) is 3. The van der Waals surface area contributed by atoms with Gasteiger partial charge in [0.15, 0.2) is 0 Å². The molecule has 0 radical (unpaired) electrons. The van der Waals surface area contributed by atoms with Crippen molar-refractivity contribution in [3.05, 3.63) is 0 Å². The summed E-state index contributed by atoms with van der Waals surface area (Å²) in [6, 6.07) is 0.502. The van der Waals surface area contributed by atoms with E-state index >= 15 is 0 Å². The van der Waals surface area contributed by atoms with E-state index in [1.165, 1.54) is 0 Å². The van der Waals surface area contributed by atoms with E-state index in [2.05, 4.69) is 10.6 Å². The third kappa shape index (κ3) is 2.95. The first-order chi connectivity index (χ1) is 7.60. The molecule has 0 atom stereocenters. The highest BCUT2D eigenvalue weighted by molar-refractivity contribution is 5.80. The Labute approximate surface area is 94.6 Å². The minimum Gasteiger partial charge on any atom is -0.481 e. The van der Waals surface area contributed by atoms with Crippen molar-refractivity contribution in [2.45, 2.75) is 50.1 Å². The van der Waals surface area contributed by atoms with Crippen molar-refractivity contribution in [3.63, 3.8) is 0 Å². The standard InChI is InChI=1S/C11H18N2O3/c14-9(7-12-8-2-3-8)13-11(4-1-5-11)6-10(15)16/h8,12H,1-7H2,(H,13,14)(H,15,16). The Bertz CT molecular complexity index is 296. The fourth-order valence-electron chi connectivity index (χ4n) is 2.10. The molecule has 2 saturated carbocycles. The first-order valence-electron chi connectivity index (χ1n) is 5.86. The van der Waals surface area contributed by atoms with Gasteiger partial charge in [-0.15, -0.1) is 0 Å². The molecule has 0 unspecified atom stereocenters. The quantitative estimate of drug-likeness (QED) is 0.606. The summed E-state index contributed by atoms with van der Waals surface area (Å²) in [5.41, 5.74) is -0.464. The van der Waals surface area contributed by atoms with Gasteiger partial charge in [-0.1, -0.05) is 0 Å². The third-order valence-electron chi connectivity index (χ3n) is 3.33. The van der Waals surface area contributed by atoms with Gasteiger partial charge in [-0.3, -0.25) is 9.59 Å². The Hall–Kier alpha value is -1.10. The molecule has 2 aliphatic carbocycles. The number of amides is 1. The molecular formula is C11H18N2O3. The average Bonchev–Trinajstić information content (AvgIpc) is 2.93. The van der Waals surface area contributed by atoms with Crippen molar-refractivity contribution in [1.29, 1.82) is 0 Å². The predicted molar refractivity (Wildman–Crippen MR) is 58.0 cm³/mol. The van der Waals surface area contributed by atoms with E-state index in [1.807, 2.05) is 0 Å². The minimum absolute atomic E-state index is 0.0438. The van der Waals surface area contributed by atoms with Gasteiger partial charge >= 0.3 is 5.97 Å². The molecule has 0 aromatic heterocycles. The molecule has 2 rings (SSSR count). The summed E-state index contributed by atoms with van der Waals surface area (Å²) in [5.74, 6) is -0.914. The molecule has 5 nitrogen and oxygen atoms in total. The molecule has 0 bridgehead atoms. The number of carboxylic acids is 1. The van der Waals surface area contributed by atoms with Gasteiger partial charge in [-0.25, -0.2) is 0 Å². The minimum atomic E-state index is -0.838. The molecule has 2 aliphatic rings. The van der Waals surface area contributed by atoms with Crippen LogP contribution < -0.4 is 10.6 Å². The van der Waals surface area contributed by atoms with E-state index in [0.717, 1.165) is 32.1 Å². The number of rotatable bonds is 6. The van der Waals surface area contributed by atoms with Crippen LogP contribution in [0.5, 0.6) is 0 Å². The van der Waals surface area contributed by atoms with E-state index in [-0.39, 0.29) is 12.3 Å². The van der Waals surface area contributed by atoms with Crippen LogP contribution in [0.25, 0.3) is 0 Å². The first-order valence-corrected chi connectivity index (χ1v) is 5.86. The van der Waals surface area contributed by atoms with Crippen molar-refractivity contribution >= 4 is 11.9 Å². The molecule has 0 heterocycles. The first kappa shape index (κ1) is 11.4. The lowest BCUT2D eigenvalue weighted by Crippen LogP contribution is -2.56. The van der Waals surface area contributed by atoms with Crippen molar-refractivity contribution in [2.75, 3.05) is 6.54 Å². The van der Waals surface area contributed by atoms with Gasteiger partial charge < -0.3 is 15.7 Å². The highest BCUT2D eigenvalue weighted by Crippen LogP contribution is 2.34. The molecule has 0 aliphatic heterocycles. The van der Waals surface area contributed by atoms with Gasteiger partial charge in [0, 0.05) is 6.04 Å². The van der Waals surface area contributed by atoms with Crippen LogP contribution in [-0.4, -0.2) is 35.1 Å². The summed E-state index contributed by atoms with van der Waals surface area (Å²) < 4.78 is 0. The second-order valence-corrected chi connectivity index (χ2v) is 4.91. The van der Waals surface area contributed by atoms with E-state index in [4.69, 9.17) is 5.11 Å². The van der Waals surface area contributed by atoms with Crippen LogP contribution in [0.15, 0.2) is 0 Å². The summed E-state index contributed by atoms with van der Waals surface area (Å²) in [6.07, 6.45) is 4.91. The molecule has 90 valence electrons. The van der Waals surface area contributed by atoms with Crippen LogP contribution in [0.1, 0.15) is 38.5 Å². The number of carboxylic acid groups (broad SMARTS) is 1. The Morgan fingerprint density at radius 2 is 2.00 bits per heavy atom. The van der Waals surface area contributed by atoms with E-state index < -0.39 is 11.5 Å². The number of carbonyl (C=O) groups is 2. The maximum atomic E-state index is 11.6. The van der Waals surface area contributed by atoms with Crippen molar-refractivity contribution < 1.29 is 14.7 Å². The average molecular weight is 226 g/mol. The molecule has 1 amide bonds. The lowest BCUT2D eigenvalue weighted by Gasteiger charge is -2.41. The molecule has 2 fully saturated rings. The Morgan fingerprint density at radius 3 is 2.44 bits per heavy atom. The van der Waals surface area contributed by atoms with Crippen molar-refractivity contribution in [1.82, 2.24) is 10.6 Å². The molecule has 5 heteroatoms. The van der Waals surface area contributed by atoms with Crippen LogP contribution in [-0.2, 0) is 9.59 Å². The maximum Gasteiger partial charge on any atom is 0.305 e. The lowest BCUT2D eigenvalue weighted by atomic mass is 9.74. The maximum absolute atomic E-state index is 11.6. The topological polar surface area (TPSA) is 78.4 Å². The monoisotopic (exact) mass is 226 g/mol. The van der Waals surface area contributed by atoms with Gasteiger partial charge in [0.2, 0.25) is 5.91 Å². The Morgan fingerprint density at radius 1 is 1.31 bits per heavy atom. The molecule has 0 saturated heterocycles. The van der Waals surface area contributed by atoms with Gasteiger partial charge in [0.25, 0.3) is 0 Å². The Balaban J connectivity index is 1.75. The molecule has 16 heavy (non-hydrogen) atoms. The SMILES string of the molecule is O=C(O)CC1(NC(=O)CNC2CC2)CCC1. The highest BCUT2D eigenvalue weighted by atomic mass is 16.4. The smallest absolute Gasteiger partial charge is 0.305 e. The zero-order valence-corrected chi connectivity index (χ0v) is 9.29. The number of aliphatic carboxylic acids is 1. The van der Waals surface area contributed by atoms with E-state index in [1.54, 1.807) is 0 Å². The van der Waals surface area contributed by atoms with Crippen LogP contribution in [0, 0.1) is 0 Å². The molecular weight excluding hydrogens is 208 g/mol. The number of hydrogen-bond acceptors (Lipinski definition) is 3. The summed E-state index contributed by atoms with van der Waals surface area (Å²) in [6.45, 7) is 0.312. The predicted octanol–water partition coefficient (Wildman–Crippen LogP) is 0.252. The van der Waals surface area contributed by atoms with Gasteiger partial charge in [0.1, 0.15) is 0 Å². The normalized spacial score (nSPS) is 22.2. The molecule has 0 aromatic rings. The van der Waals surface area contributed by atoms with Crippen LogP contribution in [0.4, 0.5) is 0 Å². The van der Waals surface area contributed by atoms with E-state index in [9.17, 15) is 9.59 Å². The summed E-state index contributed by atoms with van der Waals surface area (Å²) in [7, 11) is 0. The largest absolute Gasteiger partial charge is 0.481 e.